The fraction of sp³-hybridized carbons (Fsp3) is 0.231. The Balaban J connectivity index is 1.80. The maximum atomic E-state index is 6.75. The van der Waals surface area contributed by atoms with Crippen LogP contribution in [0.1, 0.15) is 34.5 Å². The van der Waals surface area contributed by atoms with Gasteiger partial charge in [0, 0.05) is 22.9 Å². The zero-order valence-electron chi connectivity index (χ0n) is 17.3. The Morgan fingerprint density at radius 3 is 1.30 bits per heavy atom. The lowest BCUT2D eigenvalue weighted by molar-refractivity contribution is 0.904. The number of halogens is 6. The number of allylic oxidation sites excluding steroid dienone is 6. The first-order valence-electron chi connectivity index (χ1n) is 10.3. The lowest BCUT2D eigenvalue weighted by Gasteiger charge is -2.32. The van der Waals surface area contributed by atoms with Crippen LogP contribution in [0.2, 0.25) is 0 Å². The first-order valence-corrected chi connectivity index (χ1v) is 13.5. The normalized spacial score (nSPS) is 21.3. The lowest BCUT2D eigenvalue weighted by atomic mass is 9.97. The second-order valence-electron chi connectivity index (χ2n) is 7.98. The van der Waals surface area contributed by atoms with Crippen molar-refractivity contribution in [3.63, 3.8) is 0 Å². The molecule has 0 spiro atoms. The second kappa shape index (κ2) is 10.6. The molecule has 4 rings (SSSR count). The Morgan fingerprint density at radius 2 is 0.970 bits per heavy atom. The SMILES string of the molecule is ClC1=C(C(SC(C2=C(Cl)CC(Cl)(Cl)C=C2)c2ccccc2)c2ccccc2)C=CC(Cl)(Cl)C1. The van der Waals surface area contributed by atoms with Crippen LogP contribution in [0.25, 0.3) is 0 Å². The van der Waals surface area contributed by atoms with Crippen LogP contribution in [0, 0.1) is 0 Å². The minimum absolute atomic E-state index is 0.0753. The van der Waals surface area contributed by atoms with Gasteiger partial charge in [-0.05, 0) is 34.4 Å². The van der Waals surface area contributed by atoms with E-state index in [9.17, 15) is 0 Å². The minimum Gasteiger partial charge on any atom is -0.136 e. The summed E-state index contributed by atoms with van der Waals surface area (Å²) in [7, 11) is 0. The minimum atomic E-state index is -1.01. The molecule has 33 heavy (non-hydrogen) atoms. The largest absolute Gasteiger partial charge is 0.141 e. The molecule has 172 valence electrons. The van der Waals surface area contributed by atoms with E-state index in [0.29, 0.717) is 22.9 Å². The van der Waals surface area contributed by atoms with Crippen molar-refractivity contribution in [1.29, 1.82) is 0 Å². The van der Waals surface area contributed by atoms with Gasteiger partial charge in [-0.25, -0.2) is 0 Å². The summed E-state index contributed by atoms with van der Waals surface area (Å²) in [6.45, 7) is 0. The monoisotopic (exact) mass is 574 g/mol. The number of hydrogen-bond acceptors (Lipinski definition) is 1. The molecule has 0 saturated carbocycles. The van der Waals surface area contributed by atoms with Crippen LogP contribution in [-0.2, 0) is 0 Å². The Labute approximate surface area is 229 Å². The van der Waals surface area contributed by atoms with Crippen molar-refractivity contribution >= 4 is 81.4 Å². The molecule has 0 heterocycles. The smallest absolute Gasteiger partial charge is 0.136 e. The third-order valence-electron chi connectivity index (χ3n) is 5.46. The molecule has 0 aliphatic heterocycles. The molecule has 0 radical (unpaired) electrons. The third kappa shape index (κ3) is 6.39. The van der Waals surface area contributed by atoms with Crippen LogP contribution in [0.15, 0.2) is 106 Å². The molecule has 7 heteroatoms. The van der Waals surface area contributed by atoms with Gasteiger partial charge in [0.25, 0.3) is 0 Å². The van der Waals surface area contributed by atoms with Crippen molar-refractivity contribution in [2.75, 3.05) is 0 Å². The lowest BCUT2D eigenvalue weighted by Crippen LogP contribution is -2.17. The van der Waals surface area contributed by atoms with E-state index in [2.05, 4.69) is 24.3 Å². The molecule has 2 aromatic rings. The number of hydrogen-bond donors (Lipinski definition) is 0. The molecule has 2 atom stereocenters. The topological polar surface area (TPSA) is 0 Å². The summed E-state index contributed by atoms with van der Waals surface area (Å²) in [6, 6.07) is 20.5. The molecule has 2 aliphatic carbocycles. The maximum absolute atomic E-state index is 6.75. The van der Waals surface area contributed by atoms with Crippen molar-refractivity contribution < 1.29 is 0 Å². The number of alkyl halides is 4. The average molecular weight is 577 g/mol. The van der Waals surface area contributed by atoms with Gasteiger partial charge in [-0.2, -0.15) is 0 Å². The van der Waals surface area contributed by atoms with E-state index in [1.807, 2.05) is 48.6 Å². The average Bonchev–Trinajstić information content (AvgIpc) is 2.76. The van der Waals surface area contributed by atoms with Gasteiger partial charge in [0.2, 0.25) is 0 Å². The molecule has 2 unspecified atom stereocenters. The van der Waals surface area contributed by atoms with E-state index >= 15 is 0 Å². The molecule has 0 aromatic heterocycles. The van der Waals surface area contributed by atoms with Gasteiger partial charge >= 0.3 is 0 Å². The summed E-state index contributed by atoms with van der Waals surface area (Å²) in [6.07, 6.45) is 8.18. The Hall–Kier alpha value is -0.510. The van der Waals surface area contributed by atoms with Gasteiger partial charge in [-0.1, -0.05) is 142 Å². The van der Waals surface area contributed by atoms with E-state index in [4.69, 9.17) is 69.6 Å². The van der Waals surface area contributed by atoms with Gasteiger partial charge in [0.1, 0.15) is 8.67 Å². The van der Waals surface area contributed by atoms with Crippen LogP contribution in [0.4, 0.5) is 0 Å². The van der Waals surface area contributed by atoms with Gasteiger partial charge in [0.05, 0.1) is 10.5 Å². The fourth-order valence-corrected chi connectivity index (χ4v) is 7.44. The Bertz CT molecular complexity index is 1030. The van der Waals surface area contributed by atoms with E-state index in [1.165, 1.54) is 0 Å². The maximum Gasteiger partial charge on any atom is 0.141 e. The molecule has 0 N–H and O–H groups in total. The van der Waals surface area contributed by atoms with Crippen molar-refractivity contribution in [2.45, 2.75) is 32.0 Å². The van der Waals surface area contributed by atoms with Crippen LogP contribution >= 0.6 is 81.4 Å². The molecule has 2 aliphatic rings. The highest BCUT2D eigenvalue weighted by molar-refractivity contribution is 8.00. The predicted octanol–water partition coefficient (Wildman–Crippen LogP) is 10.5. The van der Waals surface area contributed by atoms with E-state index < -0.39 is 8.67 Å². The molecule has 0 bridgehead atoms. The van der Waals surface area contributed by atoms with E-state index in [-0.39, 0.29) is 10.5 Å². The molecule has 0 amide bonds. The zero-order chi connectivity index (χ0) is 23.6. The number of benzene rings is 2. The number of rotatable bonds is 6. The summed E-state index contributed by atoms with van der Waals surface area (Å²) in [4.78, 5) is 0. The molecule has 0 fully saturated rings. The molecular formula is C26H20Cl6S. The summed E-state index contributed by atoms with van der Waals surface area (Å²) < 4.78 is -2.01. The van der Waals surface area contributed by atoms with Crippen molar-refractivity contribution in [3.05, 3.63) is 117 Å². The summed E-state index contributed by atoms with van der Waals surface area (Å²) in [5.74, 6) is 0. The van der Waals surface area contributed by atoms with E-state index in [1.54, 1.807) is 23.9 Å². The summed E-state index contributed by atoms with van der Waals surface area (Å²) in [5, 5.41) is 1.15. The van der Waals surface area contributed by atoms with Crippen LogP contribution in [0.3, 0.4) is 0 Å². The second-order valence-corrected chi connectivity index (χ2v) is 13.2. The molecule has 0 nitrogen and oxygen atoms in total. The van der Waals surface area contributed by atoms with Crippen LogP contribution in [-0.4, -0.2) is 8.67 Å². The predicted molar refractivity (Wildman–Crippen MR) is 148 cm³/mol. The molecule has 0 saturated heterocycles. The van der Waals surface area contributed by atoms with Gasteiger partial charge < -0.3 is 0 Å². The van der Waals surface area contributed by atoms with E-state index in [0.717, 1.165) is 22.3 Å². The summed E-state index contributed by atoms with van der Waals surface area (Å²) in [5.41, 5.74) is 4.20. The third-order valence-corrected chi connectivity index (χ3v) is 8.80. The number of thioether (sulfide) groups is 1. The van der Waals surface area contributed by atoms with Gasteiger partial charge in [0.15, 0.2) is 0 Å². The highest BCUT2D eigenvalue weighted by Crippen LogP contribution is 2.54. The van der Waals surface area contributed by atoms with Gasteiger partial charge in [-0.15, -0.1) is 11.8 Å². The highest BCUT2D eigenvalue weighted by Gasteiger charge is 2.34. The quantitative estimate of drug-likeness (QED) is 0.308. The first kappa shape index (κ1) is 25.6. The Kier molecular flexibility index (Phi) is 8.24. The fourth-order valence-electron chi connectivity index (χ4n) is 3.85. The first-order chi connectivity index (χ1) is 15.7. The van der Waals surface area contributed by atoms with Crippen molar-refractivity contribution in [1.82, 2.24) is 0 Å². The Morgan fingerprint density at radius 1 is 0.606 bits per heavy atom. The van der Waals surface area contributed by atoms with Crippen LogP contribution < -0.4 is 0 Å². The summed E-state index contributed by atoms with van der Waals surface area (Å²) >= 11 is 40.6. The van der Waals surface area contributed by atoms with Crippen molar-refractivity contribution in [2.24, 2.45) is 0 Å². The highest BCUT2D eigenvalue weighted by atomic mass is 35.5. The molecule has 2 aromatic carbocycles. The standard InChI is InChI=1S/C26H20Cl6S/c27-21-15-25(29,30)13-11-19(21)23(17-7-3-1-4-8-17)33-24(18-9-5-2-6-10-18)20-12-14-26(31,32)16-22(20)28/h1-14,23-24H,15-16H2. The van der Waals surface area contributed by atoms with Crippen molar-refractivity contribution in [3.8, 4) is 0 Å². The van der Waals surface area contributed by atoms with Crippen LogP contribution in [0.5, 0.6) is 0 Å². The molecular weight excluding hydrogens is 557 g/mol. The zero-order valence-corrected chi connectivity index (χ0v) is 22.7. The van der Waals surface area contributed by atoms with Gasteiger partial charge in [-0.3, -0.25) is 0 Å².